The molecule has 0 N–H and O–H groups in total. The molecule has 0 aromatic heterocycles. The maximum absolute atomic E-state index is 6.65. The second kappa shape index (κ2) is 12.8. The summed E-state index contributed by atoms with van der Waals surface area (Å²) in [6.07, 6.45) is 0.730. The van der Waals surface area contributed by atoms with E-state index in [0.29, 0.717) is 5.92 Å². The second-order valence-electron chi connectivity index (χ2n) is 9.83. The molecule has 192 valence electrons. The first-order valence-corrected chi connectivity index (χ1v) is 13.0. The highest BCUT2D eigenvalue weighted by Gasteiger charge is 2.23. The summed E-state index contributed by atoms with van der Waals surface area (Å²) < 4.78 is 17.9. The highest BCUT2D eigenvalue weighted by Crippen LogP contribution is 2.35. The summed E-state index contributed by atoms with van der Waals surface area (Å²) in [6, 6.07) is 25.1. The average Bonchev–Trinajstić information content (AvgIpc) is 2.92. The summed E-state index contributed by atoms with van der Waals surface area (Å²) in [7, 11) is 3.41. The molecule has 0 bridgehead atoms. The van der Waals surface area contributed by atoms with Crippen molar-refractivity contribution < 1.29 is 14.2 Å². The molecule has 36 heavy (non-hydrogen) atoms. The van der Waals surface area contributed by atoms with Gasteiger partial charge in [-0.25, -0.2) is 0 Å². The smallest absolute Gasteiger partial charge is 0.129 e. The Morgan fingerprint density at radius 3 is 2.19 bits per heavy atom. The van der Waals surface area contributed by atoms with Crippen LogP contribution in [0.1, 0.15) is 49.0 Å². The van der Waals surface area contributed by atoms with Crippen molar-refractivity contribution in [2.75, 3.05) is 46.9 Å². The third-order valence-corrected chi connectivity index (χ3v) is 7.01. The van der Waals surface area contributed by atoms with E-state index >= 15 is 0 Å². The molecule has 0 aliphatic carbocycles. The van der Waals surface area contributed by atoms with E-state index in [-0.39, 0.29) is 6.10 Å². The van der Waals surface area contributed by atoms with E-state index in [2.05, 4.69) is 72.2 Å². The standard InChI is InChI=1S/C31H40N2O3/c1-24(2)26-11-8-12-28(21-26)36-31(29-22-27(34-3)13-14-30(29)35-4)15-16-32-17-19-33(20-18-32)23-25-9-6-5-7-10-25/h5-14,21-22,24,31H,15-20,23H2,1-4H3/t31-/m0/s1. The van der Waals surface area contributed by atoms with Crippen LogP contribution in [0.2, 0.25) is 0 Å². The fourth-order valence-electron chi connectivity index (χ4n) is 4.79. The van der Waals surface area contributed by atoms with Crippen LogP contribution in [-0.2, 0) is 6.54 Å². The molecule has 5 heteroatoms. The molecule has 1 heterocycles. The summed E-state index contributed by atoms with van der Waals surface area (Å²) in [5, 5.41) is 0. The molecule has 4 rings (SSSR count). The summed E-state index contributed by atoms with van der Waals surface area (Å²) >= 11 is 0. The van der Waals surface area contributed by atoms with Crippen LogP contribution in [0.3, 0.4) is 0 Å². The molecule has 1 fully saturated rings. The lowest BCUT2D eigenvalue weighted by molar-refractivity contribution is 0.106. The predicted octanol–water partition coefficient (Wildman–Crippen LogP) is 6.16. The summed E-state index contributed by atoms with van der Waals surface area (Å²) in [5.74, 6) is 2.98. The number of hydrogen-bond acceptors (Lipinski definition) is 5. The van der Waals surface area contributed by atoms with Crippen LogP contribution >= 0.6 is 0 Å². The quantitative estimate of drug-likeness (QED) is 0.323. The van der Waals surface area contributed by atoms with Gasteiger partial charge >= 0.3 is 0 Å². The first-order valence-electron chi connectivity index (χ1n) is 13.0. The van der Waals surface area contributed by atoms with Gasteiger partial charge in [0.1, 0.15) is 23.4 Å². The van der Waals surface area contributed by atoms with Gasteiger partial charge in [-0.05, 0) is 47.4 Å². The summed E-state index contributed by atoms with van der Waals surface area (Å²) in [6.45, 7) is 10.7. The molecule has 1 aliphatic rings. The van der Waals surface area contributed by atoms with Gasteiger partial charge in [-0.1, -0.05) is 56.3 Å². The van der Waals surface area contributed by atoms with Crippen molar-refractivity contribution in [2.24, 2.45) is 0 Å². The number of ether oxygens (including phenoxy) is 3. The Morgan fingerprint density at radius 1 is 0.750 bits per heavy atom. The van der Waals surface area contributed by atoms with Gasteiger partial charge in [-0.2, -0.15) is 0 Å². The summed E-state index contributed by atoms with van der Waals surface area (Å²) in [5.41, 5.74) is 3.68. The van der Waals surface area contributed by atoms with Gasteiger partial charge in [0.2, 0.25) is 0 Å². The lowest BCUT2D eigenvalue weighted by Crippen LogP contribution is -2.46. The molecular formula is C31H40N2O3. The predicted molar refractivity (Wildman–Crippen MR) is 146 cm³/mol. The Labute approximate surface area is 216 Å². The molecule has 0 unspecified atom stereocenters. The van der Waals surface area contributed by atoms with E-state index in [1.807, 2.05) is 24.3 Å². The van der Waals surface area contributed by atoms with Crippen molar-refractivity contribution in [1.82, 2.24) is 9.80 Å². The largest absolute Gasteiger partial charge is 0.497 e. The molecule has 1 atom stereocenters. The number of piperazine rings is 1. The first kappa shape index (κ1) is 26.1. The van der Waals surface area contributed by atoms with Gasteiger partial charge in [0, 0.05) is 51.3 Å². The minimum atomic E-state index is -0.139. The minimum absolute atomic E-state index is 0.139. The number of nitrogens with zero attached hydrogens (tertiary/aromatic N) is 2. The van der Waals surface area contributed by atoms with Crippen LogP contribution in [0.5, 0.6) is 17.2 Å². The molecule has 5 nitrogen and oxygen atoms in total. The van der Waals surface area contributed by atoms with Crippen molar-refractivity contribution >= 4 is 0 Å². The van der Waals surface area contributed by atoms with Crippen LogP contribution in [0.25, 0.3) is 0 Å². The molecule has 0 radical (unpaired) electrons. The zero-order chi connectivity index (χ0) is 25.3. The van der Waals surface area contributed by atoms with Crippen molar-refractivity contribution in [3.05, 3.63) is 89.5 Å². The van der Waals surface area contributed by atoms with Gasteiger partial charge in [-0.15, -0.1) is 0 Å². The van der Waals surface area contributed by atoms with Crippen LogP contribution < -0.4 is 14.2 Å². The van der Waals surface area contributed by atoms with E-state index in [0.717, 1.165) is 68.5 Å². The number of methoxy groups -OCH3 is 2. The van der Waals surface area contributed by atoms with E-state index in [1.165, 1.54) is 11.1 Å². The van der Waals surface area contributed by atoms with Crippen LogP contribution in [-0.4, -0.2) is 56.7 Å². The maximum atomic E-state index is 6.65. The van der Waals surface area contributed by atoms with Crippen molar-refractivity contribution in [2.45, 2.75) is 38.8 Å². The van der Waals surface area contributed by atoms with E-state index in [4.69, 9.17) is 14.2 Å². The number of hydrogen-bond donors (Lipinski definition) is 0. The van der Waals surface area contributed by atoms with E-state index in [1.54, 1.807) is 14.2 Å². The van der Waals surface area contributed by atoms with Crippen molar-refractivity contribution in [3.8, 4) is 17.2 Å². The molecule has 0 saturated carbocycles. The number of benzene rings is 3. The fraction of sp³-hybridized carbons (Fsp3) is 0.419. The zero-order valence-electron chi connectivity index (χ0n) is 22.2. The van der Waals surface area contributed by atoms with Crippen molar-refractivity contribution in [3.63, 3.8) is 0 Å². The molecular weight excluding hydrogens is 448 g/mol. The van der Waals surface area contributed by atoms with Gasteiger partial charge in [-0.3, -0.25) is 4.90 Å². The zero-order valence-corrected chi connectivity index (χ0v) is 22.2. The minimum Gasteiger partial charge on any atom is -0.497 e. The Kier molecular flexibility index (Phi) is 9.26. The molecule has 0 spiro atoms. The normalized spacial score (nSPS) is 15.6. The highest BCUT2D eigenvalue weighted by atomic mass is 16.5. The van der Waals surface area contributed by atoms with Gasteiger partial charge in [0.25, 0.3) is 0 Å². The molecule has 1 saturated heterocycles. The Morgan fingerprint density at radius 2 is 1.50 bits per heavy atom. The molecule has 3 aromatic rings. The third-order valence-electron chi connectivity index (χ3n) is 7.01. The first-order chi connectivity index (χ1) is 17.6. The highest BCUT2D eigenvalue weighted by molar-refractivity contribution is 5.42. The SMILES string of the molecule is COc1ccc(OC)c([C@H](CCN2CCN(Cc3ccccc3)CC2)Oc2cccc(C(C)C)c2)c1. The fourth-order valence-corrected chi connectivity index (χ4v) is 4.79. The summed E-state index contributed by atoms with van der Waals surface area (Å²) in [4.78, 5) is 5.09. The van der Waals surface area contributed by atoms with E-state index in [9.17, 15) is 0 Å². The van der Waals surface area contributed by atoms with Gasteiger partial charge in [0.15, 0.2) is 0 Å². The van der Waals surface area contributed by atoms with Gasteiger partial charge < -0.3 is 19.1 Å². The Bertz CT molecular complexity index is 1080. The third kappa shape index (κ3) is 7.02. The van der Waals surface area contributed by atoms with Crippen molar-refractivity contribution in [1.29, 1.82) is 0 Å². The molecule has 1 aliphatic heterocycles. The second-order valence-corrected chi connectivity index (χ2v) is 9.83. The maximum Gasteiger partial charge on any atom is 0.129 e. The van der Waals surface area contributed by atoms with Crippen LogP contribution in [0, 0.1) is 0 Å². The van der Waals surface area contributed by atoms with Gasteiger partial charge in [0.05, 0.1) is 14.2 Å². The Hall–Kier alpha value is -3.02. The number of rotatable bonds is 11. The topological polar surface area (TPSA) is 34.2 Å². The van der Waals surface area contributed by atoms with Crippen LogP contribution in [0.15, 0.2) is 72.8 Å². The lowest BCUT2D eigenvalue weighted by atomic mass is 10.0. The van der Waals surface area contributed by atoms with Crippen LogP contribution in [0.4, 0.5) is 0 Å². The molecule has 3 aromatic carbocycles. The lowest BCUT2D eigenvalue weighted by Gasteiger charge is -2.35. The van der Waals surface area contributed by atoms with E-state index < -0.39 is 0 Å². The monoisotopic (exact) mass is 488 g/mol. The Balaban J connectivity index is 1.44. The molecule has 0 amide bonds. The average molecular weight is 489 g/mol.